The number of thiophene rings is 1. The molecule has 0 aromatic carbocycles. The summed E-state index contributed by atoms with van der Waals surface area (Å²) in [5.74, 6) is 0.640. The molecule has 0 aliphatic heterocycles. The van der Waals surface area contributed by atoms with Gasteiger partial charge in [0.05, 0.1) is 6.54 Å². The Hall–Kier alpha value is -1.03. The van der Waals surface area contributed by atoms with E-state index in [0.717, 1.165) is 13.1 Å². The van der Waals surface area contributed by atoms with Gasteiger partial charge in [0.25, 0.3) is 0 Å². The summed E-state index contributed by atoms with van der Waals surface area (Å²) in [4.78, 5) is 6.38. The van der Waals surface area contributed by atoms with Gasteiger partial charge < -0.3 is 10.6 Å². The van der Waals surface area contributed by atoms with Crippen molar-refractivity contribution in [2.75, 3.05) is 13.1 Å². The lowest BCUT2D eigenvalue weighted by molar-refractivity contribution is 0.458. The summed E-state index contributed by atoms with van der Waals surface area (Å²) in [6.45, 7) is 6.67. The predicted octanol–water partition coefficient (Wildman–Crippen LogP) is 1.90. The lowest BCUT2D eigenvalue weighted by Gasteiger charge is -2.19. The van der Waals surface area contributed by atoms with E-state index < -0.39 is 0 Å². The first-order chi connectivity index (χ1) is 6.77. The van der Waals surface area contributed by atoms with E-state index in [1.807, 2.05) is 4.90 Å². The second-order valence-electron chi connectivity index (χ2n) is 2.98. The molecule has 2 N–H and O–H groups in total. The molecule has 14 heavy (non-hydrogen) atoms. The van der Waals surface area contributed by atoms with E-state index in [2.05, 4.69) is 35.7 Å². The number of guanidine groups is 1. The zero-order valence-corrected chi connectivity index (χ0v) is 9.55. The van der Waals surface area contributed by atoms with Gasteiger partial charge in [-0.1, -0.05) is 0 Å². The fourth-order valence-electron chi connectivity index (χ4n) is 1.20. The maximum absolute atomic E-state index is 5.83. The van der Waals surface area contributed by atoms with Crippen LogP contribution in [-0.2, 0) is 6.54 Å². The molecule has 0 amide bonds. The Bertz CT molecular complexity index is 276. The number of nitrogens with two attached hydrogens (primary N) is 1. The van der Waals surface area contributed by atoms with Crippen molar-refractivity contribution in [3.8, 4) is 0 Å². The van der Waals surface area contributed by atoms with E-state index in [9.17, 15) is 0 Å². The molecule has 1 aromatic rings. The second kappa shape index (κ2) is 5.65. The van der Waals surface area contributed by atoms with Crippen LogP contribution in [-0.4, -0.2) is 23.9 Å². The number of nitrogens with zero attached hydrogens (tertiary/aromatic N) is 2. The van der Waals surface area contributed by atoms with Crippen molar-refractivity contribution >= 4 is 17.3 Å². The number of hydrogen-bond donors (Lipinski definition) is 1. The van der Waals surface area contributed by atoms with Gasteiger partial charge in [-0.25, -0.2) is 4.99 Å². The van der Waals surface area contributed by atoms with Crippen molar-refractivity contribution in [2.24, 2.45) is 10.7 Å². The minimum Gasteiger partial charge on any atom is -0.370 e. The van der Waals surface area contributed by atoms with Gasteiger partial charge in [-0.15, -0.1) is 0 Å². The van der Waals surface area contributed by atoms with Crippen LogP contribution in [0.4, 0.5) is 0 Å². The molecule has 0 saturated carbocycles. The number of hydrogen-bond acceptors (Lipinski definition) is 2. The molecular weight excluding hydrogens is 194 g/mol. The summed E-state index contributed by atoms with van der Waals surface area (Å²) >= 11 is 1.69. The highest BCUT2D eigenvalue weighted by Crippen LogP contribution is 2.06. The van der Waals surface area contributed by atoms with Gasteiger partial charge in [-0.2, -0.15) is 11.3 Å². The quantitative estimate of drug-likeness (QED) is 0.610. The minimum atomic E-state index is 0.640. The summed E-state index contributed by atoms with van der Waals surface area (Å²) < 4.78 is 0. The fraction of sp³-hybridized carbons (Fsp3) is 0.500. The summed E-state index contributed by atoms with van der Waals surface area (Å²) in [5.41, 5.74) is 7.06. The van der Waals surface area contributed by atoms with E-state index in [1.54, 1.807) is 11.3 Å². The molecule has 0 saturated heterocycles. The largest absolute Gasteiger partial charge is 0.370 e. The molecule has 3 nitrogen and oxygen atoms in total. The molecule has 1 rings (SSSR count). The molecule has 0 aliphatic rings. The Morgan fingerprint density at radius 3 is 2.71 bits per heavy atom. The van der Waals surface area contributed by atoms with Gasteiger partial charge in [0, 0.05) is 13.1 Å². The van der Waals surface area contributed by atoms with E-state index in [-0.39, 0.29) is 0 Å². The average molecular weight is 211 g/mol. The van der Waals surface area contributed by atoms with Gasteiger partial charge in [-0.05, 0) is 36.2 Å². The molecule has 1 heterocycles. The Balaban J connectivity index is 2.51. The topological polar surface area (TPSA) is 41.6 Å². The predicted molar refractivity (Wildman–Crippen MR) is 62.6 cm³/mol. The van der Waals surface area contributed by atoms with Crippen LogP contribution in [0.15, 0.2) is 21.8 Å². The van der Waals surface area contributed by atoms with Gasteiger partial charge in [-0.3, -0.25) is 0 Å². The SMILES string of the molecule is CCN(CC)C(N)=NCc1ccsc1. The van der Waals surface area contributed by atoms with Gasteiger partial charge in [0.15, 0.2) is 5.96 Å². The maximum atomic E-state index is 5.83. The third kappa shape index (κ3) is 3.03. The van der Waals surface area contributed by atoms with Crippen LogP contribution in [0.2, 0.25) is 0 Å². The Labute approximate surface area is 89.3 Å². The van der Waals surface area contributed by atoms with E-state index in [1.165, 1.54) is 5.56 Å². The molecule has 4 heteroatoms. The Morgan fingerprint density at radius 2 is 2.21 bits per heavy atom. The summed E-state index contributed by atoms with van der Waals surface area (Å²) in [7, 11) is 0. The molecule has 0 spiro atoms. The van der Waals surface area contributed by atoms with Crippen molar-refractivity contribution in [1.29, 1.82) is 0 Å². The summed E-state index contributed by atoms with van der Waals surface area (Å²) in [6.07, 6.45) is 0. The lowest BCUT2D eigenvalue weighted by Crippen LogP contribution is -2.36. The highest BCUT2D eigenvalue weighted by atomic mass is 32.1. The smallest absolute Gasteiger partial charge is 0.191 e. The van der Waals surface area contributed by atoms with Crippen LogP contribution < -0.4 is 5.73 Å². The summed E-state index contributed by atoms with van der Waals surface area (Å²) in [5, 5.41) is 4.15. The number of aliphatic imine (C=N–C) groups is 1. The van der Waals surface area contributed by atoms with Crippen LogP contribution in [0.25, 0.3) is 0 Å². The molecule has 0 unspecified atom stereocenters. The maximum Gasteiger partial charge on any atom is 0.191 e. The van der Waals surface area contributed by atoms with Crippen LogP contribution in [0.3, 0.4) is 0 Å². The monoisotopic (exact) mass is 211 g/mol. The standard InChI is InChI=1S/C10H17N3S/c1-3-13(4-2)10(11)12-7-9-5-6-14-8-9/h5-6,8H,3-4,7H2,1-2H3,(H2,11,12). The first kappa shape index (κ1) is 11.0. The van der Waals surface area contributed by atoms with Crippen LogP contribution >= 0.6 is 11.3 Å². The molecule has 0 radical (unpaired) electrons. The molecule has 0 bridgehead atoms. The average Bonchev–Trinajstić information content (AvgIpc) is 2.69. The molecule has 0 atom stereocenters. The van der Waals surface area contributed by atoms with E-state index >= 15 is 0 Å². The molecule has 78 valence electrons. The van der Waals surface area contributed by atoms with E-state index in [0.29, 0.717) is 12.5 Å². The third-order valence-corrected chi connectivity index (χ3v) is 2.82. The molecule has 0 fully saturated rings. The molecule has 1 aromatic heterocycles. The van der Waals surface area contributed by atoms with E-state index in [4.69, 9.17) is 5.73 Å². The first-order valence-corrected chi connectivity index (χ1v) is 5.78. The highest BCUT2D eigenvalue weighted by Gasteiger charge is 2.01. The van der Waals surface area contributed by atoms with Gasteiger partial charge >= 0.3 is 0 Å². The van der Waals surface area contributed by atoms with Crippen molar-refractivity contribution in [2.45, 2.75) is 20.4 Å². The van der Waals surface area contributed by atoms with Gasteiger partial charge in [0.1, 0.15) is 0 Å². The summed E-state index contributed by atoms with van der Waals surface area (Å²) in [6, 6.07) is 2.07. The zero-order valence-electron chi connectivity index (χ0n) is 8.73. The fourth-order valence-corrected chi connectivity index (χ4v) is 1.86. The minimum absolute atomic E-state index is 0.640. The van der Waals surface area contributed by atoms with Crippen molar-refractivity contribution < 1.29 is 0 Å². The van der Waals surface area contributed by atoms with Crippen LogP contribution in [0.1, 0.15) is 19.4 Å². The van der Waals surface area contributed by atoms with Crippen LogP contribution in [0, 0.1) is 0 Å². The molecule has 0 aliphatic carbocycles. The molecular formula is C10H17N3S. The lowest BCUT2D eigenvalue weighted by atomic mass is 10.3. The normalized spacial score (nSPS) is 11.7. The van der Waals surface area contributed by atoms with Crippen molar-refractivity contribution in [3.63, 3.8) is 0 Å². The van der Waals surface area contributed by atoms with Crippen molar-refractivity contribution in [3.05, 3.63) is 22.4 Å². The zero-order chi connectivity index (χ0) is 10.4. The van der Waals surface area contributed by atoms with Crippen molar-refractivity contribution in [1.82, 2.24) is 4.90 Å². The Kier molecular flexibility index (Phi) is 4.46. The second-order valence-corrected chi connectivity index (χ2v) is 3.76. The third-order valence-electron chi connectivity index (χ3n) is 2.09. The number of rotatable bonds is 4. The highest BCUT2D eigenvalue weighted by molar-refractivity contribution is 7.07. The van der Waals surface area contributed by atoms with Crippen LogP contribution in [0.5, 0.6) is 0 Å². The Morgan fingerprint density at radius 1 is 1.50 bits per heavy atom. The van der Waals surface area contributed by atoms with Gasteiger partial charge in [0.2, 0.25) is 0 Å². The first-order valence-electron chi connectivity index (χ1n) is 4.83.